The molecule has 0 bridgehead atoms. The lowest BCUT2D eigenvalue weighted by Gasteiger charge is -2.29. The van der Waals surface area contributed by atoms with Crippen LogP contribution < -0.4 is 20.9 Å². The van der Waals surface area contributed by atoms with Crippen LogP contribution in [0.5, 0.6) is 5.75 Å². The van der Waals surface area contributed by atoms with Crippen molar-refractivity contribution in [1.29, 1.82) is 0 Å². The number of alkyl halides is 2. The summed E-state index contributed by atoms with van der Waals surface area (Å²) in [4.78, 5) is 41.5. The van der Waals surface area contributed by atoms with Crippen LogP contribution in [-0.2, 0) is 19.5 Å². The number of carbonyl (C=O) groups is 2. The Morgan fingerprint density at radius 1 is 1.07 bits per heavy atom. The largest absolute Gasteiger partial charge is 0.435 e. The van der Waals surface area contributed by atoms with E-state index in [-0.39, 0.29) is 36.2 Å². The molecule has 0 atom stereocenters. The van der Waals surface area contributed by atoms with Crippen LogP contribution in [0.25, 0.3) is 11.3 Å². The average Bonchev–Trinajstić information content (AvgIpc) is 3.48. The van der Waals surface area contributed by atoms with Crippen molar-refractivity contribution < 1.29 is 23.1 Å². The van der Waals surface area contributed by atoms with Gasteiger partial charge in [-0.1, -0.05) is 23.7 Å². The van der Waals surface area contributed by atoms with Gasteiger partial charge < -0.3 is 20.3 Å². The number of hydrogen-bond acceptors (Lipinski definition) is 6. The Morgan fingerprint density at radius 2 is 1.78 bits per heavy atom. The van der Waals surface area contributed by atoms with Crippen molar-refractivity contribution in [1.82, 2.24) is 24.4 Å². The number of benzene rings is 3. The van der Waals surface area contributed by atoms with Crippen LogP contribution in [0.15, 0.2) is 82.2 Å². The van der Waals surface area contributed by atoms with Crippen molar-refractivity contribution >= 4 is 50.7 Å². The van der Waals surface area contributed by atoms with Crippen LogP contribution in [0.3, 0.4) is 0 Å². The van der Waals surface area contributed by atoms with Crippen molar-refractivity contribution in [3.8, 4) is 11.4 Å². The first-order chi connectivity index (χ1) is 22.1. The lowest BCUT2D eigenvalue weighted by atomic mass is 10.0. The van der Waals surface area contributed by atoms with E-state index in [2.05, 4.69) is 36.4 Å². The second-order valence-corrected chi connectivity index (χ2v) is 11.7. The van der Waals surface area contributed by atoms with Gasteiger partial charge in [-0.05, 0) is 82.5 Å². The van der Waals surface area contributed by atoms with E-state index in [1.54, 1.807) is 70.2 Å². The Labute approximate surface area is 274 Å². The van der Waals surface area contributed by atoms with Crippen LogP contribution in [0, 0.1) is 0 Å². The van der Waals surface area contributed by atoms with Crippen LogP contribution in [0.4, 0.5) is 14.5 Å². The molecule has 3 heterocycles. The third-order valence-electron chi connectivity index (χ3n) is 7.69. The van der Waals surface area contributed by atoms with Crippen molar-refractivity contribution in [2.75, 3.05) is 18.9 Å². The second-order valence-electron chi connectivity index (χ2n) is 10.5. The number of fused-ring (bicyclic) bond motifs is 3. The van der Waals surface area contributed by atoms with E-state index in [0.717, 1.165) is 5.56 Å². The van der Waals surface area contributed by atoms with Crippen LogP contribution >= 0.6 is 27.5 Å². The molecule has 0 radical (unpaired) electrons. The number of nitrogens with zero attached hydrogens (tertiary/aromatic N) is 4. The minimum Gasteiger partial charge on any atom is -0.435 e. The highest BCUT2D eigenvalue weighted by Crippen LogP contribution is 2.28. The molecule has 1 aliphatic rings. The zero-order valence-electron chi connectivity index (χ0n) is 24.3. The molecule has 236 valence electrons. The normalized spacial score (nSPS) is 12.7. The lowest BCUT2D eigenvalue weighted by molar-refractivity contribution is -0.0498. The number of rotatable bonds is 8. The number of nitrogens with one attached hydrogen (secondary N) is 2. The Morgan fingerprint density at radius 3 is 2.46 bits per heavy atom. The first-order valence-corrected chi connectivity index (χ1v) is 15.3. The van der Waals surface area contributed by atoms with Crippen LogP contribution in [-0.4, -0.2) is 51.1 Å². The number of hydrogen-bond donors (Lipinski definition) is 2. The predicted octanol–water partition coefficient (Wildman–Crippen LogP) is 5.67. The summed E-state index contributed by atoms with van der Waals surface area (Å²) in [5, 5.41) is 10.9. The zero-order valence-corrected chi connectivity index (χ0v) is 26.6. The predicted molar refractivity (Wildman–Crippen MR) is 172 cm³/mol. The van der Waals surface area contributed by atoms with Crippen molar-refractivity contribution in [2.45, 2.75) is 26.1 Å². The molecule has 1 aliphatic heterocycles. The molecule has 0 aliphatic carbocycles. The summed E-state index contributed by atoms with van der Waals surface area (Å²) in [6, 6.07) is 17.8. The molecule has 14 heteroatoms. The minimum absolute atomic E-state index is 0.0416. The summed E-state index contributed by atoms with van der Waals surface area (Å²) in [6.45, 7) is -2.19. The molecule has 2 N–H and O–H groups in total. The number of carbonyl (C=O) groups excluding carboxylic acids is 2. The Bertz CT molecular complexity index is 2020. The molecule has 6 rings (SSSR count). The summed E-state index contributed by atoms with van der Waals surface area (Å²) >= 11 is 9.60. The molecule has 5 aromatic rings. The molecule has 46 heavy (non-hydrogen) atoms. The van der Waals surface area contributed by atoms with Crippen LogP contribution in [0.1, 0.15) is 37.5 Å². The maximum absolute atomic E-state index is 14.2. The van der Waals surface area contributed by atoms with Gasteiger partial charge in [0.1, 0.15) is 5.75 Å². The monoisotopic (exact) mass is 710 g/mol. The smallest absolute Gasteiger partial charge is 0.387 e. The summed E-state index contributed by atoms with van der Waals surface area (Å²) in [5.41, 5.74) is 3.91. The Balaban J connectivity index is 1.40. The Kier molecular flexibility index (Phi) is 8.78. The van der Waals surface area contributed by atoms with Gasteiger partial charge in [0.05, 0.1) is 34.8 Å². The maximum atomic E-state index is 14.2. The topological polar surface area (TPSA) is 110 Å². The summed E-state index contributed by atoms with van der Waals surface area (Å²) in [7, 11) is 1.54. The highest BCUT2D eigenvalue weighted by molar-refractivity contribution is 9.10. The second kappa shape index (κ2) is 12.9. The average molecular weight is 712 g/mol. The molecule has 0 unspecified atom stereocenters. The third-order valence-corrected chi connectivity index (χ3v) is 8.93. The zero-order chi connectivity index (χ0) is 32.5. The third kappa shape index (κ3) is 6.07. The lowest BCUT2D eigenvalue weighted by Crippen LogP contribution is -2.41. The fraction of sp³-hybridized carbons (Fsp3) is 0.188. The quantitative estimate of drug-likeness (QED) is 0.215. The summed E-state index contributed by atoms with van der Waals surface area (Å²) < 4.78 is 33.5. The van der Waals surface area contributed by atoms with Gasteiger partial charge in [0.2, 0.25) is 0 Å². The molecule has 2 amide bonds. The first-order valence-electron chi connectivity index (χ1n) is 14.1. The van der Waals surface area contributed by atoms with E-state index >= 15 is 0 Å². The first kappa shape index (κ1) is 31.2. The van der Waals surface area contributed by atoms with E-state index in [0.29, 0.717) is 61.9 Å². The fourth-order valence-electron chi connectivity index (χ4n) is 5.40. The highest BCUT2D eigenvalue weighted by atomic mass is 79.9. The molecular weight excluding hydrogens is 686 g/mol. The standard InChI is InChI=1S/C32H26BrClF2N6O4/c1-37-28(43)19-4-7-21(8-5-19)41-29-26(38-15-18-2-9-22(10-3-18)46-32(35)36)16-39-42(29)27-17-40(13-12-23(27)31(41)45)30(44)20-6-11-24(33)25(34)14-20/h2-11,14,16,32,38H,12-13,15,17H2,1H3,(H,37,43). The molecule has 0 spiro atoms. The molecular formula is C32H26BrClF2N6O4. The number of halogens is 4. The SMILES string of the molecule is CNC(=O)c1ccc(-n2c(=O)c3c(n4ncc(NCc5ccc(OC(F)F)cc5)c24)CN(C(=O)c2ccc(Br)c(Cl)c2)CC3)cc1. The Hall–Kier alpha value is -4.75. The number of aromatic nitrogens is 3. The van der Waals surface area contributed by atoms with Crippen molar-refractivity contribution in [3.05, 3.63) is 121 Å². The van der Waals surface area contributed by atoms with E-state index < -0.39 is 6.61 Å². The molecule has 0 saturated carbocycles. The van der Waals surface area contributed by atoms with Crippen LogP contribution in [0.2, 0.25) is 5.02 Å². The fourth-order valence-corrected chi connectivity index (χ4v) is 5.83. The molecule has 3 aromatic carbocycles. The van der Waals surface area contributed by atoms with E-state index in [9.17, 15) is 23.2 Å². The van der Waals surface area contributed by atoms with Crippen molar-refractivity contribution in [3.63, 3.8) is 0 Å². The molecule has 0 fully saturated rings. The van der Waals surface area contributed by atoms with Gasteiger partial charge in [-0.25, -0.2) is 4.52 Å². The van der Waals surface area contributed by atoms with Gasteiger partial charge in [0.25, 0.3) is 17.4 Å². The molecule has 2 aromatic heterocycles. The highest BCUT2D eigenvalue weighted by Gasteiger charge is 2.29. The van der Waals surface area contributed by atoms with E-state index in [4.69, 9.17) is 11.6 Å². The number of anilines is 1. The molecule has 0 saturated heterocycles. The van der Waals surface area contributed by atoms with Crippen molar-refractivity contribution in [2.24, 2.45) is 0 Å². The van der Waals surface area contributed by atoms with Gasteiger partial charge in [0, 0.05) is 41.3 Å². The van der Waals surface area contributed by atoms with Gasteiger partial charge in [-0.2, -0.15) is 13.9 Å². The number of ether oxygens (including phenoxy) is 1. The number of amides is 2. The van der Waals surface area contributed by atoms with Gasteiger partial charge in [-0.15, -0.1) is 0 Å². The van der Waals surface area contributed by atoms with Gasteiger partial charge >= 0.3 is 6.61 Å². The van der Waals surface area contributed by atoms with Gasteiger partial charge in [0.15, 0.2) is 5.65 Å². The summed E-state index contributed by atoms with van der Waals surface area (Å²) in [6.07, 6.45) is 1.89. The minimum atomic E-state index is -2.92. The van der Waals surface area contributed by atoms with Gasteiger partial charge in [-0.3, -0.25) is 19.0 Å². The molecule has 10 nitrogen and oxygen atoms in total. The maximum Gasteiger partial charge on any atom is 0.387 e. The van der Waals surface area contributed by atoms with E-state index in [1.165, 1.54) is 23.7 Å². The van der Waals surface area contributed by atoms with E-state index in [1.807, 2.05) is 0 Å². The summed E-state index contributed by atoms with van der Waals surface area (Å²) in [5.74, 6) is -0.449.